The summed E-state index contributed by atoms with van der Waals surface area (Å²) < 4.78 is 14.5. The second-order valence-corrected chi connectivity index (χ2v) is 4.06. The van der Waals surface area contributed by atoms with Gasteiger partial charge in [0.2, 0.25) is 0 Å². The van der Waals surface area contributed by atoms with Gasteiger partial charge in [-0.15, -0.1) is 0 Å². The van der Waals surface area contributed by atoms with Gasteiger partial charge in [-0.1, -0.05) is 18.2 Å². The highest BCUT2D eigenvalue weighted by molar-refractivity contribution is 5.87. The number of hydrogen-bond acceptors (Lipinski definition) is 3. The summed E-state index contributed by atoms with van der Waals surface area (Å²) >= 11 is 0. The average Bonchev–Trinajstić information content (AvgIpc) is 2.35. The zero-order valence-electron chi connectivity index (χ0n) is 10.1. The van der Waals surface area contributed by atoms with Crippen molar-refractivity contribution < 1.29 is 14.3 Å². The van der Waals surface area contributed by atoms with Crippen molar-refractivity contribution in [2.45, 2.75) is 13.5 Å². The van der Waals surface area contributed by atoms with Crippen LogP contribution in [0.25, 0.3) is 0 Å². The molecule has 0 unspecified atom stereocenters. The predicted molar refractivity (Wildman–Crippen MR) is 65.7 cm³/mol. The monoisotopic (exact) mass is 262 g/mol. The van der Waals surface area contributed by atoms with Gasteiger partial charge < -0.3 is 5.11 Å². The quantitative estimate of drug-likeness (QED) is 0.908. The molecule has 1 heterocycles. The average molecular weight is 262 g/mol. The Morgan fingerprint density at radius 3 is 2.74 bits per heavy atom. The number of nitrogens with zero attached hydrogens (tertiary/aromatic N) is 2. The van der Waals surface area contributed by atoms with E-state index in [1.165, 1.54) is 24.3 Å². The van der Waals surface area contributed by atoms with Crippen molar-refractivity contribution in [2.75, 3.05) is 0 Å². The lowest BCUT2D eigenvalue weighted by molar-refractivity contribution is 0.0693. The zero-order valence-corrected chi connectivity index (χ0v) is 10.1. The molecule has 0 aliphatic carbocycles. The highest BCUT2D eigenvalue weighted by atomic mass is 19.1. The van der Waals surface area contributed by atoms with Gasteiger partial charge in [-0.2, -0.15) is 5.10 Å². The van der Waals surface area contributed by atoms with Crippen LogP contribution in [-0.2, 0) is 6.54 Å². The summed E-state index contributed by atoms with van der Waals surface area (Å²) in [6.45, 7) is 1.47. The van der Waals surface area contributed by atoms with Crippen molar-refractivity contribution in [1.29, 1.82) is 0 Å². The molecule has 5 nitrogen and oxygen atoms in total. The van der Waals surface area contributed by atoms with Crippen LogP contribution in [0.3, 0.4) is 0 Å². The van der Waals surface area contributed by atoms with Gasteiger partial charge in [0.25, 0.3) is 5.56 Å². The van der Waals surface area contributed by atoms with Crippen LogP contribution in [0.2, 0.25) is 0 Å². The van der Waals surface area contributed by atoms with Crippen LogP contribution in [0, 0.1) is 12.7 Å². The number of rotatable bonds is 3. The highest BCUT2D eigenvalue weighted by Gasteiger charge is 2.14. The van der Waals surface area contributed by atoms with Crippen molar-refractivity contribution >= 4 is 5.97 Å². The van der Waals surface area contributed by atoms with Crippen molar-refractivity contribution in [3.8, 4) is 0 Å². The van der Waals surface area contributed by atoms with Crippen molar-refractivity contribution in [3.63, 3.8) is 0 Å². The Morgan fingerprint density at radius 1 is 1.42 bits per heavy atom. The van der Waals surface area contributed by atoms with E-state index in [0.29, 0.717) is 5.69 Å². The molecular formula is C13H11FN2O3. The maximum atomic E-state index is 13.5. The van der Waals surface area contributed by atoms with Gasteiger partial charge in [-0.05, 0) is 19.1 Å². The minimum absolute atomic E-state index is 0.104. The second-order valence-electron chi connectivity index (χ2n) is 4.06. The minimum atomic E-state index is -1.32. The van der Waals surface area contributed by atoms with Gasteiger partial charge in [-0.3, -0.25) is 4.79 Å². The maximum Gasteiger partial charge on any atom is 0.341 e. The van der Waals surface area contributed by atoms with E-state index in [0.717, 1.165) is 4.68 Å². The van der Waals surface area contributed by atoms with Gasteiger partial charge in [0.1, 0.15) is 11.4 Å². The third-order valence-corrected chi connectivity index (χ3v) is 2.60. The van der Waals surface area contributed by atoms with Crippen molar-refractivity contribution in [2.24, 2.45) is 0 Å². The third kappa shape index (κ3) is 2.67. The number of aryl methyl sites for hydroxylation is 1. The maximum absolute atomic E-state index is 13.5. The lowest BCUT2D eigenvalue weighted by atomic mass is 10.2. The van der Waals surface area contributed by atoms with Crippen LogP contribution >= 0.6 is 0 Å². The first-order chi connectivity index (χ1) is 8.99. The molecule has 1 aromatic carbocycles. The first kappa shape index (κ1) is 12.9. The Morgan fingerprint density at radius 2 is 2.11 bits per heavy atom. The van der Waals surface area contributed by atoms with Gasteiger partial charge in [0.15, 0.2) is 0 Å². The molecule has 19 heavy (non-hydrogen) atoms. The van der Waals surface area contributed by atoms with E-state index < -0.39 is 17.3 Å². The first-order valence-corrected chi connectivity index (χ1v) is 5.54. The molecule has 0 bridgehead atoms. The standard InChI is InChI=1S/C13H11FN2O3/c1-8-6-10(13(18)19)12(17)16(15-8)7-9-4-2-3-5-11(9)14/h2-6H,7H2,1H3,(H,18,19). The van der Waals surface area contributed by atoms with Gasteiger partial charge in [-0.25, -0.2) is 13.9 Å². The molecule has 0 spiro atoms. The number of aromatic nitrogens is 2. The van der Waals surface area contributed by atoms with Crippen molar-refractivity contribution in [1.82, 2.24) is 9.78 Å². The summed E-state index contributed by atoms with van der Waals surface area (Å²) in [6.07, 6.45) is 0. The van der Waals surface area contributed by atoms with E-state index in [9.17, 15) is 14.0 Å². The predicted octanol–water partition coefficient (Wildman–Crippen LogP) is 1.44. The van der Waals surface area contributed by atoms with E-state index in [-0.39, 0.29) is 17.7 Å². The summed E-state index contributed by atoms with van der Waals surface area (Å²) in [5.74, 6) is -1.78. The Labute approximate surface area is 107 Å². The van der Waals surface area contributed by atoms with Crippen LogP contribution in [0.1, 0.15) is 21.6 Å². The lowest BCUT2D eigenvalue weighted by Gasteiger charge is -2.07. The fourth-order valence-electron chi connectivity index (χ4n) is 1.72. The topological polar surface area (TPSA) is 72.2 Å². The normalized spacial score (nSPS) is 10.4. The highest BCUT2D eigenvalue weighted by Crippen LogP contribution is 2.07. The van der Waals surface area contributed by atoms with Gasteiger partial charge >= 0.3 is 5.97 Å². The molecular weight excluding hydrogens is 251 g/mol. The summed E-state index contributed by atoms with van der Waals surface area (Å²) in [4.78, 5) is 22.8. The van der Waals surface area contributed by atoms with Crippen LogP contribution in [0.4, 0.5) is 4.39 Å². The molecule has 0 saturated heterocycles. The number of hydrogen-bond donors (Lipinski definition) is 1. The van der Waals surface area contributed by atoms with Crippen LogP contribution in [0.15, 0.2) is 35.1 Å². The summed E-state index contributed by atoms with van der Waals surface area (Å²) in [5.41, 5.74) is -0.461. The molecule has 0 saturated carbocycles. The van der Waals surface area contributed by atoms with E-state index in [1.54, 1.807) is 13.0 Å². The largest absolute Gasteiger partial charge is 0.477 e. The SMILES string of the molecule is Cc1cc(C(=O)O)c(=O)n(Cc2ccccc2F)n1. The lowest BCUT2D eigenvalue weighted by Crippen LogP contribution is -2.29. The molecule has 0 amide bonds. The number of aromatic carboxylic acids is 1. The molecule has 6 heteroatoms. The van der Waals surface area contributed by atoms with Gasteiger partial charge in [0, 0.05) is 5.56 Å². The Hall–Kier alpha value is -2.50. The molecule has 0 aliphatic rings. The Balaban J connectivity index is 2.50. The molecule has 98 valence electrons. The van der Waals surface area contributed by atoms with Crippen LogP contribution in [0.5, 0.6) is 0 Å². The number of carbonyl (C=O) groups is 1. The van der Waals surface area contributed by atoms with Crippen LogP contribution in [-0.4, -0.2) is 20.9 Å². The molecule has 0 atom stereocenters. The fraction of sp³-hybridized carbons (Fsp3) is 0.154. The molecule has 2 aromatic rings. The van der Waals surface area contributed by atoms with Crippen LogP contribution < -0.4 is 5.56 Å². The zero-order chi connectivity index (χ0) is 14.0. The molecule has 0 radical (unpaired) electrons. The summed E-state index contributed by atoms with van der Waals surface area (Å²) in [5, 5.41) is 12.8. The van der Waals surface area contributed by atoms with E-state index in [1.807, 2.05) is 0 Å². The summed E-state index contributed by atoms with van der Waals surface area (Å²) in [6, 6.07) is 7.16. The van der Waals surface area contributed by atoms with Crippen molar-refractivity contribution in [3.05, 3.63) is 63.3 Å². The minimum Gasteiger partial charge on any atom is -0.477 e. The molecule has 1 aromatic heterocycles. The first-order valence-electron chi connectivity index (χ1n) is 5.54. The van der Waals surface area contributed by atoms with E-state index in [4.69, 9.17) is 5.11 Å². The molecule has 0 aliphatic heterocycles. The summed E-state index contributed by atoms with van der Waals surface area (Å²) in [7, 11) is 0. The van der Waals surface area contributed by atoms with E-state index >= 15 is 0 Å². The second kappa shape index (κ2) is 5.01. The number of halogens is 1. The van der Waals surface area contributed by atoms with Gasteiger partial charge in [0.05, 0.1) is 12.2 Å². The Kier molecular flexibility index (Phi) is 3.41. The molecule has 1 N–H and O–H groups in total. The smallest absolute Gasteiger partial charge is 0.341 e. The number of carboxylic acid groups (broad SMARTS) is 1. The number of benzene rings is 1. The Bertz CT molecular complexity index is 695. The number of carboxylic acids is 1. The fourth-order valence-corrected chi connectivity index (χ4v) is 1.72. The molecule has 0 fully saturated rings. The third-order valence-electron chi connectivity index (χ3n) is 2.60. The van der Waals surface area contributed by atoms with E-state index in [2.05, 4.69) is 5.10 Å². The molecule has 2 rings (SSSR count).